The molecule has 0 radical (unpaired) electrons. The highest BCUT2D eigenvalue weighted by Crippen LogP contribution is 2.37. The number of methoxy groups -OCH3 is 2. The number of ketones is 1. The van der Waals surface area contributed by atoms with Crippen molar-refractivity contribution in [1.82, 2.24) is 0 Å². The van der Waals surface area contributed by atoms with E-state index in [1.54, 1.807) is 13.8 Å². The molecule has 3 rings (SSSR count). The zero-order valence-electron chi connectivity index (χ0n) is 23.6. The van der Waals surface area contributed by atoms with Gasteiger partial charge >= 0.3 is 0 Å². The molecule has 0 amide bonds. The van der Waals surface area contributed by atoms with Crippen LogP contribution in [0.3, 0.4) is 0 Å². The van der Waals surface area contributed by atoms with Crippen LogP contribution in [0.2, 0.25) is 5.04 Å². The summed E-state index contributed by atoms with van der Waals surface area (Å²) in [6.45, 7) is 10.2. The summed E-state index contributed by atoms with van der Waals surface area (Å²) < 4.78 is 40.9. The van der Waals surface area contributed by atoms with Crippen LogP contribution in [0.5, 0.6) is 0 Å². The minimum atomic E-state index is -2.89. The van der Waals surface area contributed by atoms with E-state index in [9.17, 15) is 4.79 Å². The molecule has 0 N–H and O–H groups in total. The standard InChI is InChI=1S/C29H42O8Si/c1-28(2,3)38(22-14-10-8-11-15-22,23-16-12-9-13-17-23)36-19-25(33-20-31-6)27(34-21-32-7)26(30)24-18-35-29(4,5)37-24/h8-17,24-25,27H,18-21H2,1-7H3/t24-,25+,27-/m0/s1. The van der Waals surface area contributed by atoms with Crippen molar-refractivity contribution in [2.45, 2.75) is 63.8 Å². The summed E-state index contributed by atoms with van der Waals surface area (Å²) in [6.07, 6.45) is -2.61. The molecule has 1 aliphatic heterocycles. The second-order valence-electron chi connectivity index (χ2n) is 10.8. The van der Waals surface area contributed by atoms with Crippen LogP contribution in [0, 0.1) is 0 Å². The molecule has 0 aliphatic carbocycles. The zero-order chi connectivity index (χ0) is 27.8. The van der Waals surface area contributed by atoms with Gasteiger partial charge < -0.3 is 32.8 Å². The first-order valence-electron chi connectivity index (χ1n) is 12.9. The number of Topliss-reactive ketones (excluding diaryl/α,β-unsaturated/α-hetero) is 1. The van der Waals surface area contributed by atoms with E-state index in [1.807, 2.05) is 36.4 Å². The van der Waals surface area contributed by atoms with Crippen molar-refractivity contribution in [3.05, 3.63) is 60.7 Å². The van der Waals surface area contributed by atoms with Crippen LogP contribution >= 0.6 is 0 Å². The second kappa shape index (κ2) is 13.4. The molecule has 0 saturated carbocycles. The Morgan fingerprint density at radius 1 is 0.947 bits per heavy atom. The summed E-state index contributed by atoms with van der Waals surface area (Å²) in [5.74, 6) is -1.15. The smallest absolute Gasteiger partial charge is 0.261 e. The first-order valence-corrected chi connectivity index (χ1v) is 14.8. The maximum atomic E-state index is 13.7. The van der Waals surface area contributed by atoms with Gasteiger partial charge in [0.1, 0.15) is 31.9 Å². The Morgan fingerprint density at radius 2 is 1.47 bits per heavy atom. The Labute approximate surface area is 227 Å². The van der Waals surface area contributed by atoms with E-state index in [0.29, 0.717) is 0 Å². The van der Waals surface area contributed by atoms with Gasteiger partial charge in [0.2, 0.25) is 0 Å². The predicted molar refractivity (Wildman–Crippen MR) is 147 cm³/mol. The van der Waals surface area contributed by atoms with Crippen LogP contribution in [0.25, 0.3) is 0 Å². The van der Waals surface area contributed by atoms with Crippen molar-refractivity contribution in [2.75, 3.05) is 41.0 Å². The van der Waals surface area contributed by atoms with Gasteiger partial charge in [-0.15, -0.1) is 0 Å². The third-order valence-electron chi connectivity index (χ3n) is 6.59. The second-order valence-corrected chi connectivity index (χ2v) is 15.1. The SMILES string of the molecule is COCO[C@H](C(=O)[C@@H]1COC(C)(C)O1)[C@@H](CO[Si](c1ccccc1)(c1ccccc1)C(C)(C)C)OCOC. The molecule has 1 aliphatic rings. The van der Waals surface area contributed by atoms with Gasteiger partial charge in [-0.25, -0.2) is 0 Å². The summed E-state index contributed by atoms with van der Waals surface area (Å²) in [5, 5.41) is 2.00. The quantitative estimate of drug-likeness (QED) is 0.264. The highest BCUT2D eigenvalue weighted by molar-refractivity contribution is 6.99. The Kier molecular flexibility index (Phi) is 10.8. The predicted octanol–water partition coefficient (Wildman–Crippen LogP) is 3.26. The van der Waals surface area contributed by atoms with Crippen molar-refractivity contribution >= 4 is 24.5 Å². The third-order valence-corrected chi connectivity index (χ3v) is 11.6. The minimum absolute atomic E-state index is 0.0393. The number of hydrogen-bond acceptors (Lipinski definition) is 8. The van der Waals surface area contributed by atoms with Crippen molar-refractivity contribution in [3.63, 3.8) is 0 Å². The van der Waals surface area contributed by atoms with Crippen molar-refractivity contribution in [1.29, 1.82) is 0 Å². The maximum Gasteiger partial charge on any atom is 0.261 e. The van der Waals surface area contributed by atoms with E-state index in [4.69, 9.17) is 32.8 Å². The van der Waals surface area contributed by atoms with Gasteiger partial charge in [-0.3, -0.25) is 4.79 Å². The molecule has 2 aromatic carbocycles. The molecule has 1 fully saturated rings. The number of hydrogen-bond donors (Lipinski definition) is 0. The summed E-state index contributed by atoms with van der Waals surface area (Å²) >= 11 is 0. The van der Waals surface area contributed by atoms with Gasteiger partial charge in [-0.1, -0.05) is 81.4 Å². The third kappa shape index (κ3) is 7.16. The monoisotopic (exact) mass is 546 g/mol. The lowest BCUT2D eigenvalue weighted by Crippen LogP contribution is -2.67. The van der Waals surface area contributed by atoms with Crippen LogP contribution in [0.15, 0.2) is 60.7 Å². The molecule has 8 nitrogen and oxygen atoms in total. The Bertz CT molecular complexity index is 953. The van der Waals surface area contributed by atoms with E-state index in [1.165, 1.54) is 14.2 Å². The zero-order valence-corrected chi connectivity index (χ0v) is 24.6. The molecule has 0 spiro atoms. The lowest BCUT2D eigenvalue weighted by molar-refractivity contribution is -0.187. The molecule has 210 valence electrons. The molecule has 2 aromatic rings. The van der Waals surface area contributed by atoms with E-state index >= 15 is 0 Å². The minimum Gasteiger partial charge on any atom is -0.405 e. The molecule has 0 bridgehead atoms. The van der Waals surface area contributed by atoms with Gasteiger partial charge in [0, 0.05) is 14.2 Å². The average molecular weight is 547 g/mol. The average Bonchev–Trinajstić information content (AvgIpc) is 3.27. The lowest BCUT2D eigenvalue weighted by atomic mass is 10.1. The van der Waals surface area contributed by atoms with Crippen LogP contribution < -0.4 is 10.4 Å². The van der Waals surface area contributed by atoms with Crippen LogP contribution in [-0.2, 0) is 37.6 Å². The molecule has 38 heavy (non-hydrogen) atoms. The van der Waals surface area contributed by atoms with Gasteiger partial charge in [0.25, 0.3) is 8.32 Å². The van der Waals surface area contributed by atoms with Crippen LogP contribution in [0.4, 0.5) is 0 Å². The molecule has 1 saturated heterocycles. The molecule has 3 atom stereocenters. The summed E-state index contributed by atoms with van der Waals surface area (Å²) in [4.78, 5) is 13.7. The Balaban J connectivity index is 2.00. The van der Waals surface area contributed by atoms with E-state index in [-0.39, 0.29) is 37.6 Å². The largest absolute Gasteiger partial charge is 0.405 e. The topological polar surface area (TPSA) is 81.7 Å². The van der Waals surface area contributed by atoms with Gasteiger partial charge in [-0.2, -0.15) is 0 Å². The van der Waals surface area contributed by atoms with Crippen LogP contribution in [-0.4, -0.2) is 79.2 Å². The maximum absolute atomic E-state index is 13.7. The van der Waals surface area contributed by atoms with Gasteiger partial charge in [0.05, 0.1) is 13.2 Å². The number of carbonyl (C=O) groups is 1. The summed E-state index contributed by atoms with van der Waals surface area (Å²) in [7, 11) is 0.142. The molecular weight excluding hydrogens is 504 g/mol. The number of rotatable bonds is 14. The first-order chi connectivity index (χ1) is 18.1. The van der Waals surface area contributed by atoms with Crippen molar-refractivity contribution < 1.29 is 37.6 Å². The molecule has 0 aromatic heterocycles. The highest BCUT2D eigenvalue weighted by Gasteiger charge is 2.51. The summed E-state index contributed by atoms with van der Waals surface area (Å²) in [6, 6.07) is 20.6. The fourth-order valence-electron chi connectivity index (χ4n) is 4.87. The van der Waals surface area contributed by atoms with E-state index in [0.717, 1.165) is 10.4 Å². The Hall–Kier alpha value is -1.95. The lowest BCUT2D eigenvalue weighted by Gasteiger charge is -2.44. The fraction of sp³-hybridized carbons (Fsp3) is 0.552. The summed E-state index contributed by atoms with van der Waals surface area (Å²) in [5.41, 5.74) is 0. The number of benzene rings is 2. The molecular formula is C29H42O8Si. The number of ether oxygens (including phenoxy) is 6. The highest BCUT2D eigenvalue weighted by atomic mass is 28.4. The van der Waals surface area contributed by atoms with Crippen LogP contribution in [0.1, 0.15) is 34.6 Å². The molecule has 1 heterocycles. The fourth-order valence-corrected chi connectivity index (χ4v) is 9.44. The first kappa shape index (κ1) is 30.6. The van der Waals surface area contributed by atoms with Crippen molar-refractivity contribution in [2.24, 2.45) is 0 Å². The van der Waals surface area contributed by atoms with E-state index < -0.39 is 32.4 Å². The van der Waals surface area contributed by atoms with Gasteiger partial charge in [-0.05, 0) is 29.3 Å². The van der Waals surface area contributed by atoms with Crippen molar-refractivity contribution in [3.8, 4) is 0 Å². The normalized spacial score (nSPS) is 19.3. The Morgan fingerprint density at radius 3 is 1.92 bits per heavy atom. The molecule has 0 unspecified atom stereocenters. The number of carbonyl (C=O) groups excluding carboxylic acids is 1. The molecule has 9 heteroatoms. The van der Waals surface area contributed by atoms with Gasteiger partial charge in [0.15, 0.2) is 11.6 Å². The van der Waals surface area contributed by atoms with E-state index in [2.05, 4.69) is 45.0 Å².